The molecule has 0 unspecified atom stereocenters. The molecule has 1 aromatic heterocycles. The van der Waals surface area contributed by atoms with Gasteiger partial charge in [-0.25, -0.2) is 4.39 Å². The predicted molar refractivity (Wildman–Crippen MR) is 71.7 cm³/mol. The summed E-state index contributed by atoms with van der Waals surface area (Å²) in [7, 11) is 3.39. The standard InChI is InChI=1S/C12H13FN4OS/c1-14-12-16-15-10(19-12)11(18)17(2)7-8-3-5-9(13)6-4-8/h3-6H,7H2,1-2H3,(H,14,16). The topological polar surface area (TPSA) is 58.1 Å². The Morgan fingerprint density at radius 1 is 1.37 bits per heavy atom. The molecule has 5 nitrogen and oxygen atoms in total. The molecule has 7 heteroatoms. The van der Waals surface area contributed by atoms with Gasteiger partial charge in [0, 0.05) is 20.6 Å². The second kappa shape index (κ2) is 5.75. The summed E-state index contributed by atoms with van der Waals surface area (Å²) in [4.78, 5) is 13.6. The minimum Gasteiger partial charge on any atom is -0.363 e. The van der Waals surface area contributed by atoms with Crippen LogP contribution in [-0.4, -0.2) is 35.1 Å². The molecule has 2 rings (SSSR count). The molecular formula is C12H13FN4OS. The van der Waals surface area contributed by atoms with Crippen molar-refractivity contribution >= 4 is 22.4 Å². The van der Waals surface area contributed by atoms with Gasteiger partial charge >= 0.3 is 0 Å². The van der Waals surface area contributed by atoms with Gasteiger partial charge in [0.1, 0.15) is 5.82 Å². The first-order valence-corrected chi connectivity index (χ1v) is 6.43. The molecule has 0 aliphatic rings. The number of nitrogens with one attached hydrogen (secondary N) is 1. The van der Waals surface area contributed by atoms with Crippen LogP contribution in [0.1, 0.15) is 15.4 Å². The average Bonchev–Trinajstić information content (AvgIpc) is 2.89. The van der Waals surface area contributed by atoms with Gasteiger partial charge < -0.3 is 10.2 Å². The van der Waals surface area contributed by atoms with Gasteiger partial charge in [-0.2, -0.15) is 0 Å². The monoisotopic (exact) mass is 280 g/mol. The maximum absolute atomic E-state index is 12.8. The third-order valence-corrected chi connectivity index (χ3v) is 3.43. The summed E-state index contributed by atoms with van der Waals surface area (Å²) in [5.41, 5.74) is 0.857. The number of hydrogen-bond donors (Lipinski definition) is 1. The van der Waals surface area contributed by atoms with Gasteiger partial charge in [-0.05, 0) is 17.7 Å². The molecule has 0 fully saturated rings. The van der Waals surface area contributed by atoms with E-state index in [0.717, 1.165) is 5.56 Å². The number of benzene rings is 1. The highest BCUT2D eigenvalue weighted by Crippen LogP contribution is 2.16. The molecule has 0 saturated carbocycles. The van der Waals surface area contributed by atoms with E-state index in [-0.39, 0.29) is 11.7 Å². The fourth-order valence-corrected chi connectivity index (χ4v) is 2.20. The van der Waals surface area contributed by atoms with E-state index in [2.05, 4.69) is 15.5 Å². The molecule has 2 aromatic rings. The summed E-state index contributed by atoms with van der Waals surface area (Å²) in [6.07, 6.45) is 0. The maximum Gasteiger partial charge on any atom is 0.284 e. The van der Waals surface area contributed by atoms with E-state index in [1.807, 2.05) is 0 Å². The minimum atomic E-state index is -0.291. The Hall–Kier alpha value is -2.02. The molecule has 0 atom stereocenters. The Balaban J connectivity index is 2.04. The molecule has 0 saturated heterocycles. The van der Waals surface area contributed by atoms with Crippen LogP contribution in [0.25, 0.3) is 0 Å². The molecule has 1 N–H and O–H groups in total. The van der Waals surface area contributed by atoms with E-state index < -0.39 is 0 Å². The number of hydrogen-bond acceptors (Lipinski definition) is 5. The molecule has 19 heavy (non-hydrogen) atoms. The maximum atomic E-state index is 12.8. The van der Waals surface area contributed by atoms with E-state index in [9.17, 15) is 9.18 Å². The van der Waals surface area contributed by atoms with Crippen LogP contribution in [0.3, 0.4) is 0 Å². The third kappa shape index (κ3) is 3.25. The number of carbonyl (C=O) groups excluding carboxylic acids is 1. The fourth-order valence-electron chi connectivity index (χ4n) is 1.51. The number of anilines is 1. The molecule has 1 aromatic carbocycles. The van der Waals surface area contributed by atoms with Gasteiger partial charge in [-0.15, -0.1) is 10.2 Å². The quantitative estimate of drug-likeness (QED) is 0.930. The second-order valence-electron chi connectivity index (χ2n) is 3.95. The van der Waals surface area contributed by atoms with Crippen LogP contribution in [0.4, 0.5) is 9.52 Å². The molecule has 1 amide bonds. The van der Waals surface area contributed by atoms with Crippen molar-refractivity contribution in [1.82, 2.24) is 15.1 Å². The highest BCUT2D eigenvalue weighted by Gasteiger charge is 2.17. The van der Waals surface area contributed by atoms with Gasteiger partial charge in [-0.1, -0.05) is 23.5 Å². The van der Waals surface area contributed by atoms with Crippen molar-refractivity contribution in [1.29, 1.82) is 0 Å². The Kier molecular flexibility index (Phi) is 4.06. The largest absolute Gasteiger partial charge is 0.363 e. The first-order chi connectivity index (χ1) is 9.10. The molecule has 0 aliphatic carbocycles. The lowest BCUT2D eigenvalue weighted by atomic mass is 10.2. The predicted octanol–water partition coefficient (Wildman–Crippen LogP) is 1.99. The van der Waals surface area contributed by atoms with Crippen LogP contribution in [0.2, 0.25) is 0 Å². The van der Waals surface area contributed by atoms with Gasteiger partial charge in [0.25, 0.3) is 5.91 Å². The zero-order valence-corrected chi connectivity index (χ0v) is 11.4. The van der Waals surface area contributed by atoms with Gasteiger partial charge in [0.15, 0.2) is 0 Å². The summed E-state index contributed by atoms with van der Waals surface area (Å²) >= 11 is 1.20. The zero-order valence-electron chi connectivity index (χ0n) is 10.6. The van der Waals surface area contributed by atoms with Crippen LogP contribution in [0.5, 0.6) is 0 Å². The van der Waals surface area contributed by atoms with Crippen LogP contribution in [0.15, 0.2) is 24.3 Å². The van der Waals surface area contributed by atoms with Gasteiger partial charge in [-0.3, -0.25) is 4.79 Å². The van der Waals surface area contributed by atoms with Crippen molar-refractivity contribution in [3.63, 3.8) is 0 Å². The Labute approximate surface area is 114 Å². The van der Waals surface area contributed by atoms with Crippen LogP contribution in [0, 0.1) is 5.82 Å². The summed E-state index contributed by atoms with van der Waals surface area (Å²) in [6, 6.07) is 6.05. The zero-order chi connectivity index (χ0) is 13.8. The van der Waals surface area contributed by atoms with Gasteiger partial charge in [0.05, 0.1) is 0 Å². The highest BCUT2D eigenvalue weighted by molar-refractivity contribution is 7.17. The van der Waals surface area contributed by atoms with Crippen molar-refractivity contribution in [2.75, 3.05) is 19.4 Å². The second-order valence-corrected chi connectivity index (χ2v) is 4.93. The number of nitrogens with zero attached hydrogens (tertiary/aromatic N) is 3. The smallest absolute Gasteiger partial charge is 0.284 e. The molecule has 0 aliphatic heterocycles. The number of aromatic nitrogens is 2. The van der Waals surface area contributed by atoms with Crippen LogP contribution >= 0.6 is 11.3 Å². The molecule has 0 radical (unpaired) electrons. The first-order valence-electron chi connectivity index (χ1n) is 5.61. The molecule has 0 spiro atoms. The molecule has 1 heterocycles. The fraction of sp³-hybridized carbons (Fsp3) is 0.250. The highest BCUT2D eigenvalue weighted by atomic mass is 32.1. The van der Waals surface area contributed by atoms with Crippen molar-refractivity contribution in [3.8, 4) is 0 Å². The van der Waals surface area contributed by atoms with E-state index in [4.69, 9.17) is 0 Å². The third-order valence-electron chi connectivity index (χ3n) is 2.50. The summed E-state index contributed by atoms with van der Waals surface area (Å²) in [6.45, 7) is 0.396. The lowest BCUT2D eigenvalue weighted by Crippen LogP contribution is -2.26. The van der Waals surface area contributed by atoms with E-state index >= 15 is 0 Å². The lowest BCUT2D eigenvalue weighted by molar-refractivity contribution is 0.0784. The van der Waals surface area contributed by atoms with E-state index in [0.29, 0.717) is 16.7 Å². The Bertz CT molecular complexity index is 569. The first kappa shape index (κ1) is 13.4. The number of amides is 1. The molecule has 100 valence electrons. The van der Waals surface area contributed by atoms with Crippen molar-refractivity contribution < 1.29 is 9.18 Å². The molecule has 0 bridgehead atoms. The Morgan fingerprint density at radius 2 is 2.05 bits per heavy atom. The normalized spacial score (nSPS) is 10.3. The van der Waals surface area contributed by atoms with E-state index in [1.165, 1.54) is 28.4 Å². The van der Waals surface area contributed by atoms with Crippen molar-refractivity contribution in [3.05, 3.63) is 40.7 Å². The molecular weight excluding hydrogens is 267 g/mol. The number of rotatable bonds is 4. The summed E-state index contributed by atoms with van der Waals surface area (Å²) in [5.74, 6) is -0.496. The number of carbonyl (C=O) groups is 1. The van der Waals surface area contributed by atoms with Gasteiger partial charge in [0.2, 0.25) is 10.1 Å². The minimum absolute atomic E-state index is 0.205. The lowest BCUT2D eigenvalue weighted by Gasteiger charge is -2.15. The average molecular weight is 280 g/mol. The van der Waals surface area contributed by atoms with Crippen LogP contribution < -0.4 is 5.32 Å². The Morgan fingerprint density at radius 3 is 2.63 bits per heavy atom. The van der Waals surface area contributed by atoms with Crippen molar-refractivity contribution in [2.24, 2.45) is 0 Å². The van der Waals surface area contributed by atoms with E-state index in [1.54, 1.807) is 26.2 Å². The summed E-state index contributed by atoms with van der Waals surface area (Å²) in [5, 5.41) is 11.4. The van der Waals surface area contributed by atoms with Crippen LogP contribution in [-0.2, 0) is 6.54 Å². The van der Waals surface area contributed by atoms with Crippen molar-refractivity contribution in [2.45, 2.75) is 6.54 Å². The number of halogens is 1. The SMILES string of the molecule is CNc1nnc(C(=O)N(C)Cc2ccc(F)cc2)s1. The summed E-state index contributed by atoms with van der Waals surface area (Å²) < 4.78 is 12.8.